The minimum absolute atomic E-state index is 0.0241. The van der Waals surface area contributed by atoms with Crippen molar-refractivity contribution >= 4 is 11.8 Å². The third-order valence-electron chi connectivity index (χ3n) is 5.34. The van der Waals surface area contributed by atoms with E-state index in [1.165, 1.54) is 16.7 Å². The van der Waals surface area contributed by atoms with Crippen LogP contribution in [-0.4, -0.2) is 43.5 Å². The predicted octanol–water partition coefficient (Wildman–Crippen LogP) is 2.54. The van der Waals surface area contributed by atoms with Crippen LogP contribution in [0.15, 0.2) is 6.07 Å². The molecule has 0 bridgehead atoms. The van der Waals surface area contributed by atoms with E-state index >= 15 is 0 Å². The SMILES string of the molecule is COc1c(C)cc(CCNC(=O)C2CCN(C(C)=O)CC2)c(C)c1C. The molecule has 1 fully saturated rings. The van der Waals surface area contributed by atoms with Gasteiger partial charge in [0.15, 0.2) is 0 Å². The Hall–Kier alpha value is -2.04. The van der Waals surface area contributed by atoms with E-state index in [2.05, 4.69) is 32.2 Å². The summed E-state index contributed by atoms with van der Waals surface area (Å²) in [5, 5.41) is 3.07. The zero-order valence-electron chi connectivity index (χ0n) is 16.1. The Morgan fingerprint density at radius 2 is 1.84 bits per heavy atom. The number of methoxy groups -OCH3 is 1. The van der Waals surface area contributed by atoms with E-state index in [1.807, 2.05) is 4.90 Å². The first-order valence-electron chi connectivity index (χ1n) is 9.02. The number of carbonyl (C=O) groups excluding carboxylic acids is 2. The fraction of sp³-hybridized carbons (Fsp3) is 0.600. The molecule has 0 unspecified atom stereocenters. The van der Waals surface area contributed by atoms with Crippen LogP contribution in [0.3, 0.4) is 0 Å². The lowest BCUT2D eigenvalue weighted by Crippen LogP contribution is -2.42. The first-order chi connectivity index (χ1) is 11.8. The van der Waals surface area contributed by atoms with Gasteiger partial charge in [-0.05, 0) is 62.3 Å². The molecule has 5 heteroatoms. The number of likely N-dealkylation sites (tertiary alicyclic amines) is 1. The van der Waals surface area contributed by atoms with Crippen molar-refractivity contribution in [3.05, 3.63) is 28.3 Å². The molecule has 138 valence electrons. The Morgan fingerprint density at radius 3 is 2.40 bits per heavy atom. The first-order valence-corrected chi connectivity index (χ1v) is 9.02. The smallest absolute Gasteiger partial charge is 0.223 e. The van der Waals surface area contributed by atoms with Crippen LogP contribution in [0, 0.1) is 26.7 Å². The van der Waals surface area contributed by atoms with Crippen LogP contribution >= 0.6 is 0 Å². The largest absolute Gasteiger partial charge is 0.496 e. The molecule has 1 aromatic rings. The molecule has 1 aromatic carbocycles. The fourth-order valence-electron chi connectivity index (χ4n) is 3.64. The minimum atomic E-state index is 0.0241. The molecule has 0 saturated carbocycles. The highest BCUT2D eigenvalue weighted by molar-refractivity contribution is 5.79. The quantitative estimate of drug-likeness (QED) is 0.891. The Kier molecular flexibility index (Phi) is 6.45. The lowest BCUT2D eigenvalue weighted by atomic mass is 9.95. The number of carbonyl (C=O) groups is 2. The summed E-state index contributed by atoms with van der Waals surface area (Å²) in [6, 6.07) is 2.15. The number of ether oxygens (including phenoxy) is 1. The van der Waals surface area contributed by atoms with Crippen LogP contribution in [0.5, 0.6) is 5.75 Å². The molecule has 0 radical (unpaired) electrons. The Bertz CT molecular complexity index is 647. The van der Waals surface area contributed by atoms with Crippen LogP contribution in [-0.2, 0) is 16.0 Å². The highest BCUT2D eigenvalue weighted by atomic mass is 16.5. The summed E-state index contributed by atoms with van der Waals surface area (Å²) in [5.74, 6) is 1.18. The lowest BCUT2D eigenvalue weighted by Gasteiger charge is -2.30. The maximum absolute atomic E-state index is 12.3. The highest BCUT2D eigenvalue weighted by Crippen LogP contribution is 2.28. The third-order valence-corrected chi connectivity index (χ3v) is 5.34. The summed E-state index contributed by atoms with van der Waals surface area (Å²) in [6.07, 6.45) is 2.33. The van der Waals surface area contributed by atoms with Crippen LogP contribution in [0.4, 0.5) is 0 Å². The van der Waals surface area contributed by atoms with Crippen molar-refractivity contribution in [1.29, 1.82) is 0 Å². The maximum atomic E-state index is 12.3. The predicted molar refractivity (Wildman–Crippen MR) is 98.9 cm³/mol. The van der Waals surface area contributed by atoms with Gasteiger partial charge in [-0.3, -0.25) is 9.59 Å². The van der Waals surface area contributed by atoms with Crippen molar-refractivity contribution in [1.82, 2.24) is 10.2 Å². The summed E-state index contributed by atoms with van der Waals surface area (Å²) in [7, 11) is 1.70. The topological polar surface area (TPSA) is 58.6 Å². The molecular formula is C20H30N2O3. The van der Waals surface area contributed by atoms with Gasteiger partial charge in [0.2, 0.25) is 11.8 Å². The normalized spacial score (nSPS) is 15.2. The van der Waals surface area contributed by atoms with E-state index < -0.39 is 0 Å². The van der Waals surface area contributed by atoms with E-state index in [9.17, 15) is 9.59 Å². The number of hydrogen-bond donors (Lipinski definition) is 1. The molecule has 1 aliphatic heterocycles. The van der Waals surface area contributed by atoms with Crippen molar-refractivity contribution in [3.8, 4) is 5.75 Å². The zero-order valence-corrected chi connectivity index (χ0v) is 16.1. The average Bonchev–Trinajstić information content (AvgIpc) is 2.59. The van der Waals surface area contributed by atoms with Gasteiger partial charge in [0, 0.05) is 32.5 Å². The van der Waals surface area contributed by atoms with Crippen molar-refractivity contribution in [2.24, 2.45) is 5.92 Å². The molecule has 2 amide bonds. The Morgan fingerprint density at radius 1 is 1.20 bits per heavy atom. The molecule has 0 atom stereocenters. The lowest BCUT2D eigenvalue weighted by molar-refractivity contribution is -0.133. The average molecular weight is 346 g/mol. The molecule has 0 aliphatic carbocycles. The molecule has 1 N–H and O–H groups in total. The number of benzene rings is 1. The first kappa shape index (κ1) is 19.3. The van der Waals surface area contributed by atoms with Gasteiger partial charge >= 0.3 is 0 Å². The molecule has 25 heavy (non-hydrogen) atoms. The van der Waals surface area contributed by atoms with Gasteiger partial charge in [0.25, 0.3) is 0 Å². The summed E-state index contributed by atoms with van der Waals surface area (Å²) in [5.41, 5.74) is 4.78. The van der Waals surface area contributed by atoms with Crippen molar-refractivity contribution < 1.29 is 14.3 Å². The third kappa shape index (κ3) is 4.53. The Labute approximate surface area is 150 Å². The highest BCUT2D eigenvalue weighted by Gasteiger charge is 2.25. The summed E-state index contributed by atoms with van der Waals surface area (Å²) in [6.45, 7) is 9.82. The van der Waals surface area contributed by atoms with Crippen LogP contribution in [0.25, 0.3) is 0 Å². The molecular weight excluding hydrogens is 316 g/mol. The molecule has 1 heterocycles. The van der Waals surface area contributed by atoms with Gasteiger partial charge in [0.1, 0.15) is 5.75 Å². The standard InChI is InChI=1S/C20H30N2O3/c1-13-12-18(14(2)15(3)19(13)25-5)6-9-21-20(24)17-7-10-22(11-8-17)16(4)23/h12,17H,6-11H2,1-5H3,(H,21,24). The molecule has 0 spiro atoms. The van der Waals surface area contributed by atoms with Crippen molar-refractivity contribution in [2.45, 2.75) is 47.0 Å². The molecule has 0 aromatic heterocycles. The van der Waals surface area contributed by atoms with Crippen molar-refractivity contribution in [2.75, 3.05) is 26.7 Å². The van der Waals surface area contributed by atoms with Crippen LogP contribution < -0.4 is 10.1 Å². The van der Waals surface area contributed by atoms with Gasteiger partial charge in [-0.25, -0.2) is 0 Å². The van der Waals surface area contributed by atoms with Crippen LogP contribution in [0.2, 0.25) is 0 Å². The van der Waals surface area contributed by atoms with E-state index in [0.717, 1.165) is 30.6 Å². The molecule has 5 nitrogen and oxygen atoms in total. The van der Waals surface area contributed by atoms with Crippen molar-refractivity contribution in [3.63, 3.8) is 0 Å². The molecule has 2 rings (SSSR count). The van der Waals surface area contributed by atoms with E-state index in [-0.39, 0.29) is 17.7 Å². The summed E-state index contributed by atoms with van der Waals surface area (Å²) in [4.78, 5) is 25.5. The van der Waals surface area contributed by atoms with Gasteiger partial charge < -0.3 is 15.0 Å². The number of nitrogens with one attached hydrogen (secondary N) is 1. The van der Waals surface area contributed by atoms with E-state index in [1.54, 1.807) is 14.0 Å². The maximum Gasteiger partial charge on any atom is 0.223 e. The van der Waals surface area contributed by atoms with E-state index in [0.29, 0.717) is 19.6 Å². The number of aryl methyl sites for hydroxylation is 1. The molecule has 1 aliphatic rings. The monoisotopic (exact) mass is 346 g/mol. The van der Waals surface area contributed by atoms with Gasteiger partial charge in [-0.15, -0.1) is 0 Å². The number of piperidine rings is 1. The second-order valence-electron chi connectivity index (χ2n) is 6.96. The van der Waals surface area contributed by atoms with Gasteiger partial charge in [-0.2, -0.15) is 0 Å². The summed E-state index contributed by atoms with van der Waals surface area (Å²) < 4.78 is 5.46. The summed E-state index contributed by atoms with van der Waals surface area (Å²) >= 11 is 0. The minimum Gasteiger partial charge on any atom is -0.496 e. The van der Waals surface area contributed by atoms with E-state index in [4.69, 9.17) is 4.74 Å². The number of rotatable bonds is 5. The van der Waals surface area contributed by atoms with Crippen LogP contribution in [0.1, 0.15) is 42.0 Å². The number of hydrogen-bond acceptors (Lipinski definition) is 3. The second kappa shape index (κ2) is 8.37. The fourth-order valence-corrected chi connectivity index (χ4v) is 3.64. The number of amides is 2. The molecule has 1 saturated heterocycles. The van der Waals surface area contributed by atoms with Gasteiger partial charge in [-0.1, -0.05) is 6.07 Å². The number of nitrogens with zero attached hydrogens (tertiary/aromatic N) is 1. The Balaban J connectivity index is 1.87. The van der Waals surface area contributed by atoms with Gasteiger partial charge in [0.05, 0.1) is 7.11 Å². The second-order valence-corrected chi connectivity index (χ2v) is 6.96. The zero-order chi connectivity index (χ0) is 18.6.